The molecule has 0 amide bonds. The van der Waals surface area contributed by atoms with Gasteiger partial charge in [0.25, 0.3) is 0 Å². The van der Waals surface area contributed by atoms with Gasteiger partial charge in [-0.15, -0.1) is 0 Å². The van der Waals surface area contributed by atoms with E-state index < -0.39 is 0 Å². The lowest BCUT2D eigenvalue weighted by Gasteiger charge is -2.12. The summed E-state index contributed by atoms with van der Waals surface area (Å²) in [5.74, 6) is 0.601. The number of nitrogens with one attached hydrogen (secondary N) is 1. The van der Waals surface area contributed by atoms with Crippen molar-refractivity contribution in [3.63, 3.8) is 0 Å². The topological polar surface area (TPSA) is 74.7 Å². The zero-order valence-corrected chi connectivity index (χ0v) is 15.0. The van der Waals surface area contributed by atoms with E-state index in [4.69, 9.17) is 4.74 Å². The van der Waals surface area contributed by atoms with Crippen molar-refractivity contribution in [3.8, 4) is 5.75 Å². The molecule has 0 spiro atoms. The van der Waals surface area contributed by atoms with E-state index in [1.807, 2.05) is 56.4 Å². The smallest absolute Gasteiger partial charge is 0.191 e. The highest BCUT2D eigenvalue weighted by Crippen LogP contribution is 2.24. The van der Waals surface area contributed by atoms with Gasteiger partial charge in [-0.2, -0.15) is 0 Å². The minimum Gasteiger partial charge on any atom is -0.485 e. The maximum atomic E-state index is 12.1. The van der Waals surface area contributed by atoms with Gasteiger partial charge in [-0.1, -0.05) is 24.3 Å². The molecule has 0 fully saturated rings. The van der Waals surface area contributed by atoms with Gasteiger partial charge in [0.05, 0.1) is 6.61 Å². The Labute approximate surface area is 152 Å². The van der Waals surface area contributed by atoms with Gasteiger partial charge in [-0.3, -0.25) is 9.79 Å². The maximum absolute atomic E-state index is 12.1. The quantitative estimate of drug-likeness (QED) is 0.642. The summed E-state index contributed by atoms with van der Waals surface area (Å²) in [6.45, 7) is 3.85. The number of hydrogen-bond donors (Lipinski definition) is 2. The second-order valence-electron chi connectivity index (χ2n) is 6.30. The molecule has 0 aliphatic heterocycles. The number of rotatable bonds is 7. The fourth-order valence-electron chi connectivity index (χ4n) is 3.03. The van der Waals surface area contributed by atoms with Gasteiger partial charge >= 0.3 is 0 Å². The molecule has 5 nitrogen and oxygen atoms in total. The average molecular weight is 350 g/mol. The second-order valence-corrected chi connectivity index (χ2v) is 6.30. The number of ketones is 1. The number of fused-ring (bicyclic) bond motifs is 1. The summed E-state index contributed by atoms with van der Waals surface area (Å²) in [6.07, 6.45) is 3.61. The van der Waals surface area contributed by atoms with Crippen molar-refractivity contribution in [1.82, 2.24) is 4.98 Å². The summed E-state index contributed by atoms with van der Waals surface area (Å²) in [6, 6.07) is 11.6. The predicted octanol–water partition coefficient (Wildman–Crippen LogP) is 3.34. The molecule has 2 aromatic carbocycles. The lowest BCUT2D eigenvalue weighted by atomic mass is 10.1. The standard InChI is InChI=1S/C21H22N2O3/c1-14-8-16(12-24)9-15(2)21(14)26-13-18(25)11-22-10-17-4-3-5-20-19(17)6-7-23-20/h3-10,23-24H,11-13H2,1-2H3. The number of benzene rings is 2. The summed E-state index contributed by atoms with van der Waals surface area (Å²) in [4.78, 5) is 19.5. The van der Waals surface area contributed by atoms with Crippen LogP contribution in [-0.4, -0.2) is 35.2 Å². The van der Waals surface area contributed by atoms with Crippen LogP contribution in [0.3, 0.4) is 0 Å². The molecule has 134 valence electrons. The van der Waals surface area contributed by atoms with Gasteiger partial charge in [0.1, 0.15) is 18.9 Å². The van der Waals surface area contributed by atoms with Crippen molar-refractivity contribution >= 4 is 22.9 Å². The predicted molar refractivity (Wildman–Crippen MR) is 103 cm³/mol. The number of nitrogens with zero attached hydrogens (tertiary/aromatic N) is 1. The normalized spacial score (nSPS) is 11.3. The van der Waals surface area contributed by atoms with Gasteiger partial charge in [0, 0.05) is 28.9 Å². The van der Waals surface area contributed by atoms with Gasteiger partial charge < -0.3 is 14.8 Å². The number of aromatic nitrogens is 1. The number of aromatic amines is 1. The molecule has 3 aromatic rings. The summed E-state index contributed by atoms with van der Waals surface area (Å²) in [7, 11) is 0. The molecule has 0 aliphatic carbocycles. The largest absolute Gasteiger partial charge is 0.485 e. The Morgan fingerprint density at radius 1 is 1.23 bits per heavy atom. The summed E-state index contributed by atoms with van der Waals surface area (Å²) in [5, 5.41) is 10.3. The highest BCUT2D eigenvalue weighted by atomic mass is 16.5. The SMILES string of the molecule is Cc1cc(CO)cc(C)c1OCC(=O)CN=Cc1cccc2[nH]ccc12. The number of carbonyl (C=O) groups excluding carboxylic acids is 1. The Balaban J connectivity index is 1.59. The van der Waals surface area contributed by atoms with E-state index >= 15 is 0 Å². The Bertz CT molecular complexity index is 934. The van der Waals surface area contributed by atoms with E-state index in [2.05, 4.69) is 9.98 Å². The van der Waals surface area contributed by atoms with Crippen LogP contribution in [0.4, 0.5) is 0 Å². The molecule has 0 saturated carbocycles. The molecule has 0 radical (unpaired) electrons. The molecule has 1 aromatic heterocycles. The number of aliphatic hydroxyl groups excluding tert-OH is 1. The lowest BCUT2D eigenvalue weighted by molar-refractivity contribution is -0.119. The fourth-order valence-corrected chi connectivity index (χ4v) is 3.03. The van der Waals surface area contributed by atoms with Gasteiger partial charge in [-0.05, 0) is 42.7 Å². The first kappa shape index (κ1) is 17.9. The third kappa shape index (κ3) is 4.00. The molecule has 0 bridgehead atoms. The van der Waals surface area contributed by atoms with E-state index in [1.54, 1.807) is 6.21 Å². The van der Waals surface area contributed by atoms with Crippen LogP contribution in [0.2, 0.25) is 0 Å². The first-order valence-electron chi connectivity index (χ1n) is 8.50. The lowest BCUT2D eigenvalue weighted by Crippen LogP contribution is -2.15. The van der Waals surface area contributed by atoms with Gasteiger partial charge in [-0.25, -0.2) is 0 Å². The Morgan fingerprint density at radius 2 is 2.00 bits per heavy atom. The van der Waals surface area contributed by atoms with E-state index in [-0.39, 0.29) is 25.5 Å². The Kier molecular flexibility index (Phi) is 5.49. The molecular formula is C21H22N2O3. The highest BCUT2D eigenvalue weighted by molar-refractivity contribution is 5.99. The van der Waals surface area contributed by atoms with E-state index in [1.165, 1.54) is 0 Å². The number of aryl methyl sites for hydroxylation is 2. The van der Waals surface area contributed by atoms with Crippen molar-refractivity contribution in [2.45, 2.75) is 20.5 Å². The van der Waals surface area contributed by atoms with Crippen LogP contribution in [0.25, 0.3) is 10.9 Å². The summed E-state index contributed by atoms with van der Waals surface area (Å²) < 4.78 is 5.68. The Hall–Kier alpha value is -2.92. The van der Waals surface area contributed by atoms with Crippen molar-refractivity contribution in [2.75, 3.05) is 13.2 Å². The highest BCUT2D eigenvalue weighted by Gasteiger charge is 2.09. The van der Waals surface area contributed by atoms with Crippen molar-refractivity contribution in [1.29, 1.82) is 0 Å². The summed E-state index contributed by atoms with van der Waals surface area (Å²) >= 11 is 0. The zero-order valence-electron chi connectivity index (χ0n) is 15.0. The van der Waals surface area contributed by atoms with E-state index in [0.717, 1.165) is 33.2 Å². The van der Waals surface area contributed by atoms with Crippen molar-refractivity contribution in [3.05, 3.63) is 64.8 Å². The molecule has 5 heteroatoms. The molecule has 26 heavy (non-hydrogen) atoms. The first-order valence-corrected chi connectivity index (χ1v) is 8.50. The number of aliphatic imine (C=N–C) groups is 1. The van der Waals surface area contributed by atoms with Crippen LogP contribution in [0.15, 0.2) is 47.6 Å². The van der Waals surface area contributed by atoms with Crippen LogP contribution in [0, 0.1) is 13.8 Å². The minimum absolute atomic E-state index is 0.0104. The molecule has 0 saturated heterocycles. The summed E-state index contributed by atoms with van der Waals surface area (Å²) in [5.41, 5.74) is 4.67. The van der Waals surface area contributed by atoms with Crippen molar-refractivity contribution < 1.29 is 14.6 Å². The Morgan fingerprint density at radius 3 is 2.73 bits per heavy atom. The van der Waals surface area contributed by atoms with Crippen LogP contribution in [0.5, 0.6) is 5.75 Å². The fraction of sp³-hybridized carbons (Fsp3) is 0.238. The van der Waals surface area contributed by atoms with Crippen LogP contribution < -0.4 is 4.74 Å². The van der Waals surface area contributed by atoms with E-state index in [0.29, 0.717) is 5.75 Å². The van der Waals surface area contributed by atoms with Gasteiger partial charge in [0.2, 0.25) is 0 Å². The van der Waals surface area contributed by atoms with Crippen LogP contribution >= 0.6 is 0 Å². The molecule has 0 atom stereocenters. The van der Waals surface area contributed by atoms with Crippen LogP contribution in [0.1, 0.15) is 22.3 Å². The molecule has 1 heterocycles. The molecule has 3 rings (SSSR count). The molecule has 2 N–H and O–H groups in total. The third-order valence-electron chi connectivity index (χ3n) is 4.21. The van der Waals surface area contributed by atoms with Crippen LogP contribution in [-0.2, 0) is 11.4 Å². The monoisotopic (exact) mass is 350 g/mol. The second kappa shape index (κ2) is 7.97. The number of Topliss-reactive ketones (excluding diaryl/α,β-unsaturated/α-hetero) is 1. The number of carbonyl (C=O) groups is 1. The van der Waals surface area contributed by atoms with Crippen molar-refractivity contribution in [2.24, 2.45) is 4.99 Å². The number of ether oxygens (including phenoxy) is 1. The molecule has 0 unspecified atom stereocenters. The number of H-pyrrole nitrogens is 1. The first-order chi connectivity index (χ1) is 12.6. The number of hydrogen-bond acceptors (Lipinski definition) is 4. The zero-order chi connectivity index (χ0) is 18.5. The van der Waals surface area contributed by atoms with E-state index in [9.17, 15) is 9.90 Å². The maximum Gasteiger partial charge on any atom is 0.191 e. The third-order valence-corrected chi connectivity index (χ3v) is 4.21. The molecule has 0 aliphatic rings. The molecular weight excluding hydrogens is 328 g/mol. The average Bonchev–Trinajstić information content (AvgIpc) is 3.10. The minimum atomic E-state index is -0.0903. The number of aliphatic hydroxyl groups is 1. The van der Waals surface area contributed by atoms with Gasteiger partial charge in [0.15, 0.2) is 5.78 Å².